The van der Waals surface area contributed by atoms with E-state index in [1.54, 1.807) is 0 Å². The second-order valence-electron chi connectivity index (χ2n) is 6.34. The average Bonchev–Trinajstić information content (AvgIpc) is 2.54. The lowest BCUT2D eigenvalue weighted by Gasteiger charge is -2.50. The third kappa shape index (κ3) is 1.49. The summed E-state index contributed by atoms with van der Waals surface area (Å²) < 4.78 is 0. The largest absolute Gasteiger partial charge is 0.294 e. The lowest BCUT2D eigenvalue weighted by molar-refractivity contribution is -0.132. The summed E-state index contributed by atoms with van der Waals surface area (Å²) in [7, 11) is 0. The van der Waals surface area contributed by atoms with Gasteiger partial charge >= 0.3 is 0 Å². The fourth-order valence-corrected chi connectivity index (χ4v) is 4.35. The second-order valence-corrected chi connectivity index (χ2v) is 6.34. The minimum atomic E-state index is -0.484. The Labute approximate surface area is 124 Å². The van der Waals surface area contributed by atoms with E-state index in [0.29, 0.717) is 0 Å². The Morgan fingerprint density at radius 2 is 1.52 bits per heavy atom. The fraction of sp³-hybridized carbons (Fsp3) is 0.278. The van der Waals surface area contributed by atoms with Crippen molar-refractivity contribution in [3.63, 3.8) is 0 Å². The number of hydrogen-bond acceptors (Lipinski definition) is 2. The molecule has 3 aliphatic carbocycles. The summed E-state index contributed by atoms with van der Waals surface area (Å²) in [6, 6.07) is 17.0. The second kappa shape index (κ2) is 4.18. The van der Waals surface area contributed by atoms with Crippen molar-refractivity contribution in [3.05, 3.63) is 70.8 Å². The third-order valence-corrected chi connectivity index (χ3v) is 5.28. The lowest BCUT2D eigenvalue weighted by atomic mass is 9.52. The highest BCUT2D eigenvalue weighted by atomic mass is 16.2. The summed E-state index contributed by atoms with van der Waals surface area (Å²) in [6.45, 7) is 2.04. The Kier molecular flexibility index (Phi) is 2.51. The van der Waals surface area contributed by atoms with Crippen LogP contribution >= 0.6 is 0 Å². The molecule has 0 aromatic heterocycles. The van der Waals surface area contributed by atoms with Crippen molar-refractivity contribution in [2.45, 2.75) is 25.2 Å². The highest BCUT2D eigenvalue weighted by molar-refractivity contribution is 5.85. The van der Waals surface area contributed by atoms with Gasteiger partial charge in [-0.15, -0.1) is 0 Å². The number of benzene rings is 2. The van der Waals surface area contributed by atoms with Crippen LogP contribution in [0.4, 0.5) is 0 Å². The molecule has 106 valence electrons. The van der Waals surface area contributed by atoms with Crippen LogP contribution in [0.3, 0.4) is 0 Å². The van der Waals surface area contributed by atoms with Gasteiger partial charge in [0.15, 0.2) is 0 Å². The zero-order valence-electron chi connectivity index (χ0n) is 12.0. The number of nitrogens with two attached hydrogens (primary N) is 1. The maximum atomic E-state index is 12.5. The van der Waals surface area contributed by atoms with E-state index < -0.39 is 5.41 Å². The van der Waals surface area contributed by atoms with Crippen molar-refractivity contribution in [2.24, 2.45) is 11.3 Å². The van der Waals surface area contributed by atoms with Gasteiger partial charge in [-0.25, -0.2) is 5.84 Å². The van der Waals surface area contributed by atoms with Crippen LogP contribution in [0.25, 0.3) is 0 Å². The molecule has 0 fully saturated rings. The first-order valence-corrected chi connectivity index (χ1v) is 7.35. The molecule has 0 aliphatic heterocycles. The Morgan fingerprint density at radius 3 is 2.00 bits per heavy atom. The molecule has 3 N–H and O–H groups in total. The number of carbonyl (C=O) groups excluding carboxylic acids is 1. The normalized spacial score (nSPS) is 28.7. The highest BCUT2D eigenvalue weighted by Crippen LogP contribution is 2.60. The smallest absolute Gasteiger partial charge is 0.240 e. The molecule has 2 aromatic rings. The van der Waals surface area contributed by atoms with E-state index in [1.807, 2.05) is 6.92 Å². The van der Waals surface area contributed by atoms with Crippen LogP contribution in [0, 0.1) is 5.41 Å². The molecule has 0 spiro atoms. The quantitative estimate of drug-likeness (QED) is 0.479. The lowest BCUT2D eigenvalue weighted by Crippen LogP contribution is -2.51. The topological polar surface area (TPSA) is 55.1 Å². The van der Waals surface area contributed by atoms with Crippen LogP contribution in [0.2, 0.25) is 0 Å². The summed E-state index contributed by atoms with van der Waals surface area (Å²) in [5.74, 6) is 5.76. The first-order valence-electron chi connectivity index (χ1n) is 7.35. The minimum absolute atomic E-state index is 0.0680. The molecule has 21 heavy (non-hydrogen) atoms. The van der Waals surface area contributed by atoms with E-state index in [4.69, 9.17) is 5.84 Å². The van der Waals surface area contributed by atoms with Crippen LogP contribution in [-0.4, -0.2) is 5.91 Å². The number of carbonyl (C=O) groups is 1. The van der Waals surface area contributed by atoms with Gasteiger partial charge in [0.05, 0.1) is 5.41 Å². The van der Waals surface area contributed by atoms with E-state index in [2.05, 4.69) is 54.0 Å². The Morgan fingerprint density at radius 1 is 1.05 bits per heavy atom. The summed E-state index contributed by atoms with van der Waals surface area (Å²) in [6.07, 6.45) is 0.814. The van der Waals surface area contributed by atoms with Crippen LogP contribution < -0.4 is 11.3 Å². The standard InChI is InChI=1S/C18H18N2O/c1-18(17(21)20-19)10-15-11-6-2-4-8-13(11)16(18)14-9-5-3-7-12(14)15/h2-9,15-16H,10,19H2,1H3,(H,20,21). The third-order valence-electron chi connectivity index (χ3n) is 5.28. The number of rotatable bonds is 1. The van der Waals surface area contributed by atoms with Crippen molar-refractivity contribution >= 4 is 5.91 Å². The molecule has 0 heterocycles. The molecule has 1 unspecified atom stereocenters. The molecule has 2 aromatic carbocycles. The first kappa shape index (κ1) is 12.6. The summed E-state index contributed by atoms with van der Waals surface area (Å²) in [4.78, 5) is 12.5. The number of hydrogen-bond donors (Lipinski definition) is 2. The minimum Gasteiger partial charge on any atom is -0.294 e. The van der Waals surface area contributed by atoms with Gasteiger partial charge in [-0.05, 0) is 35.6 Å². The van der Waals surface area contributed by atoms with Crippen LogP contribution in [0.5, 0.6) is 0 Å². The number of hydrazine groups is 1. The monoisotopic (exact) mass is 278 g/mol. The maximum absolute atomic E-state index is 12.5. The predicted octanol–water partition coefficient (Wildman–Crippen LogP) is 2.66. The Balaban J connectivity index is 2.01. The molecular formula is C18H18N2O. The van der Waals surface area contributed by atoms with Gasteiger partial charge in [0.25, 0.3) is 0 Å². The predicted molar refractivity (Wildman–Crippen MR) is 81.6 cm³/mol. The molecule has 0 saturated carbocycles. The molecular weight excluding hydrogens is 260 g/mol. The molecule has 0 radical (unpaired) electrons. The van der Waals surface area contributed by atoms with Crippen molar-refractivity contribution in [1.29, 1.82) is 0 Å². The van der Waals surface area contributed by atoms with Crippen molar-refractivity contribution in [1.82, 2.24) is 5.43 Å². The van der Waals surface area contributed by atoms with Crippen molar-refractivity contribution in [2.75, 3.05) is 0 Å². The van der Waals surface area contributed by atoms with Gasteiger partial charge in [-0.2, -0.15) is 0 Å². The average molecular weight is 278 g/mol. The van der Waals surface area contributed by atoms with Crippen molar-refractivity contribution < 1.29 is 4.79 Å². The van der Waals surface area contributed by atoms with Crippen LogP contribution in [0.1, 0.15) is 47.4 Å². The molecule has 3 heteroatoms. The molecule has 2 bridgehead atoms. The first-order chi connectivity index (χ1) is 10.2. The summed E-state index contributed by atoms with van der Waals surface area (Å²) >= 11 is 0. The van der Waals surface area contributed by atoms with Gasteiger partial charge < -0.3 is 0 Å². The number of amides is 1. The molecule has 3 nitrogen and oxygen atoms in total. The Bertz CT molecular complexity index is 692. The Hall–Kier alpha value is -2.13. The van der Waals surface area contributed by atoms with Gasteiger partial charge in [-0.3, -0.25) is 10.2 Å². The van der Waals surface area contributed by atoms with E-state index in [0.717, 1.165) is 6.42 Å². The zero-order valence-corrected chi connectivity index (χ0v) is 12.0. The fourth-order valence-electron chi connectivity index (χ4n) is 4.35. The number of fused-ring (bicyclic) bond motifs is 1. The molecule has 5 rings (SSSR count). The SMILES string of the molecule is CC1(C(=O)NN)CC2c3ccccc3C1c1ccccc12. The highest BCUT2D eigenvalue weighted by Gasteiger charge is 2.53. The summed E-state index contributed by atoms with van der Waals surface area (Å²) in [5.41, 5.74) is 7.18. The molecule has 0 saturated heterocycles. The van der Waals surface area contributed by atoms with Crippen LogP contribution in [0.15, 0.2) is 48.5 Å². The van der Waals surface area contributed by atoms with E-state index in [9.17, 15) is 4.79 Å². The van der Waals surface area contributed by atoms with Gasteiger partial charge in [0, 0.05) is 11.8 Å². The molecule has 3 aliphatic rings. The maximum Gasteiger partial charge on any atom is 0.240 e. The van der Waals surface area contributed by atoms with Crippen LogP contribution in [-0.2, 0) is 4.79 Å². The zero-order chi connectivity index (χ0) is 14.6. The van der Waals surface area contributed by atoms with Gasteiger partial charge in [0.1, 0.15) is 0 Å². The number of nitrogens with one attached hydrogen (secondary N) is 1. The van der Waals surface area contributed by atoms with E-state index in [-0.39, 0.29) is 17.7 Å². The summed E-state index contributed by atoms with van der Waals surface area (Å²) in [5, 5.41) is 0. The van der Waals surface area contributed by atoms with Gasteiger partial charge in [-0.1, -0.05) is 48.5 Å². The molecule has 1 amide bonds. The molecule has 1 atom stereocenters. The van der Waals surface area contributed by atoms with Crippen molar-refractivity contribution in [3.8, 4) is 0 Å². The van der Waals surface area contributed by atoms with E-state index in [1.165, 1.54) is 22.3 Å². The van der Waals surface area contributed by atoms with E-state index >= 15 is 0 Å². The van der Waals surface area contributed by atoms with Gasteiger partial charge in [0.2, 0.25) is 5.91 Å².